The second-order valence-corrected chi connectivity index (χ2v) is 4.94. The van der Waals surface area contributed by atoms with Crippen LogP contribution in [-0.4, -0.2) is 16.2 Å². The lowest BCUT2D eigenvalue weighted by molar-refractivity contribution is -0.585. The van der Waals surface area contributed by atoms with E-state index in [4.69, 9.17) is 0 Å². The quantitative estimate of drug-likeness (QED) is 0.372. The highest BCUT2D eigenvalue weighted by atomic mass is 16.6. The minimum atomic E-state index is -0.936. The van der Waals surface area contributed by atoms with Crippen molar-refractivity contribution in [2.45, 2.75) is 31.2 Å². The van der Waals surface area contributed by atoms with Gasteiger partial charge in [0.2, 0.25) is 5.54 Å². The zero-order chi connectivity index (χ0) is 10.6. The van der Waals surface area contributed by atoms with Gasteiger partial charge in [-0.05, 0) is 18.8 Å². The van der Waals surface area contributed by atoms with E-state index in [9.17, 15) is 14.9 Å². The minimum absolute atomic E-state index is 0.00625. The molecule has 0 heterocycles. The average Bonchev–Trinajstić information content (AvgIpc) is 2.77. The summed E-state index contributed by atoms with van der Waals surface area (Å²) in [5.74, 6) is -0.0500. The molecule has 0 aliphatic heterocycles. The number of rotatable bonds is 1. The number of nitro groups is 1. The van der Waals surface area contributed by atoms with Crippen LogP contribution in [0.4, 0.5) is 0 Å². The number of hydrogen-bond acceptors (Lipinski definition) is 3. The smallest absolute Gasteiger partial charge is 0.238 e. The lowest BCUT2D eigenvalue weighted by Gasteiger charge is -2.36. The molecule has 2 saturated carbocycles. The fraction of sp³-hybridized carbons (Fsp3) is 0.727. The summed E-state index contributed by atoms with van der Waals surface area (Å²) in [4.78, 5) is 23.0. The molecular weight excluding hydrogens is 194 g/mol. The summed E-state index contributed by atoms with van der Waals surface area (Å²) in [7, 11) is 0. The van der Waals surface area contributed by atoms with Crippen LogP contribution in [0.5, 0.6) is 0 Å². The standard InChI is InChI=1S/C11H13NO3/c13-9-2-1-5-11(12(14)15)8-4-3-7(6-8)10(9)11/h3-4,7-8,10H,1-2,5-6H2/t7-,8+,10+,11-/m0/s1. The molecule has 0 aromatic heterocycles. The molecule has 0 saturated heterocycles. The Bertz CT molecular complexity index is 374. The molecule has 4 heteroatoms. The van der Waals surface area contributed by atoms with Gasteiger partial charge < -0.3 is 0 Å². The first kappa shape index (κ1) is 9.07. The van der Waals surface area contributed by atoms with E-state index in [1.807, 2.05) is 12.2 Å². The van der Waals surface area contributed by atoms with E-state index in [0.29, 0.717) is 19.3 Å². The number of ketones is 1. The molecular formula is C11H13NO3. The summed E-state index contributed by atoms with van der Waals surface area (Å²) >= 11 is 0. The Labute approximate surface area is 87.5 Å². The Morgan fingerprint density at radius 2 is 2.27 bits per heavy atom. The Morgan fingerprint density at radius 1 is 1.47 bits per heavy atom. The van der Waals surface area contributed by atoms with Gasteiger partial charge in [-0.25, -0.2) is 0 Å². The molecule has 4 nitrogen and oxygen atoms in total. The number of fused-ring (bicyclic) bond motifs is 5. The SMILES string of the molecule is O=C1CCC[C@]2([N+](=O)[O-])[C@@H]3C=C[C@@H](C3)[C@H]12. The number of Topliss-reactive ketones (excluding diaryl/α,β-unsaturated/α-hetero) is 1. The maximum absolute atomic E-state index is 11.8. The van der Waals surface area contributed by atoms with Crippen molar-refractivity contribution in [1.29, 1.82) is 0 Å². The van der Waals surface area contributed by atoms with Gasteiger partial charge in [0.25, 0.3) is 0 Å². The van der Waals surface area contributed by atoms with Gasteiger partial charge in [-0.2, -0.15) is 0 Å². The van der Waals surface area contributed by atoms with Gasteiger partial charge in [0.05, 0.1) is 5.92 Å². The van der Waals surface area contributed by atoms with E-state index in [1.54, 1.807) is 0 Å². The Morgan fingerprint density at radius 3 is 2.93 bits per heavy atom. The second-order valence-electron chi connectivity index (χ2n) is 4.94. The van der Waals surface area contributed by atoms with Crippen LogP contribution in [-0.2, 0) is 4.79 Å². The van der Waals surface area contributed by atoms with Crippen molar-refractivity contribution < 1.29 is 9.72 Å². The van der Waals surface area contributed by atoms with Crippen molar-refractivity contribution >= 4 is 5.78 Å². The molecule has 0 aromatic rings. The van der Waals surface area contributed by atoms with Crippen LogP contribution < -0.4 is 0 Å². The summed E-state index contributed by atoms with van der Waals surface area (Å²) in [5, 5.41) is 11.3. The number of carbonyl (C=O) groups is 1. The predicted octanol–water partition coefficient (Wildman–Crippen LogP) is 1.58. The molecule has 2 bridgehead atoms. The summed E-state index contributed by atoms with van der Waals surface area (Å²) in [5.41, 5.74) is -0.936. The van der Waals surface area contributed by atoms with Crippen molar-refractivity contribution in [1.82, 2.24) is 0 Å². The predicted molar refractivity (Wildman–Crippen MR) is 52.8 cm³/mol. The van der Waals surface area contributed by atoms with Gasteiger partial charge in [0.1, 0.15) is 5.78 Å². The fourth-order valence-electron chi connectivity index (χ4n) is 3.85. The first-order chi connectivity index (χ1) is 7.16. The van der Waals surface area contributed by atoms with Gasteiger partial charge in [0, 0.05) is 23.7 Å². The Kier molecular flexibility index (Phi) is 1.62. The summed E-state index contributed by atoms with van der Waals surface area (Å²) in [6, 6.07) is 0. The summed E-state index contributed by atoms with van der Waals surface area (Å²) < 4.78 is 0. The van der Waals surface area contributed by atoms with Crippen LogP contribution in [0.15, 0.2) is 12.2 Å². The molecule has 3 aliphatic rings. The Hall–Kier alpha value is -1.19. The molecule has 0 aromatic carbocycles. The molecule has 0 amide bonds. The zero-order valence-corrected chi connectivity index (χ0v) is 8.39. The molecule has 0 spiro atoms. The number of carbonyl (C=O) groups excluding carboxylic acids is 1. The molecule has 3 rings (SSSR count). The van der Waals surface area contributed by atoms with Crippen molar-refractivity contribution in [3.05, 3.63) is 22.3 Å². The molecule has 3 aliphatic carbocycles. The van der Waals surface area contributed by atoms with Gasteiger partial charge >= 0.3 is 0 Å². The van der Waals surface area contributed by atoms with E-state index >= 15 is 0 Å². The molecule has 80 valence electrons. The van der Waals surface area contributed by atoms with Crippen LogP contribution in [0.1, 0.15) is 25.7 Å². The highest BCUT2D eigenvalue weighted by Crippen LogP contribution is 2.56. The largest absolute Gasteiger partial charge is 0.299 e. The van der Waals surface area contributed by atoms with E-state index < -0.39 is 5.54 Å². The van der Waals surface area contributed by atoms with E-state index in [1.165, 1.54) is 0 Å². The van der Waals surface area contributed by atoms with Crippen LogP contribution >= 0.6 is 0 Å². The van der Waals surface area contributed by atoms with Gasteiger partial charge in [-0.15, -0.1) is 0 Å². The Balaban J connectivity index is 2.11. The van der Waals surface area contributed by atoms with Crippen LogP contribution in [0.2, 0.25) is 0 Å². The van der Waals surface area contributed by atoms with Crippen molar-refractivity contribution in [3.63, 3.8) is 0 Å². The second kappa shape index (κ2) is 2.68. The summed E-state index contributed by atoms with van der Waals surface area (Å²) in [6.07, 6.45) is 6.60. The highest BCUT2D eigenvalue weighted by Gasteiger charge is 2.68. The zero-order valence-electron chi connectivity index (χ0n) is 8.39. The lowest BCUT2D eigenvalue weighted by atomic mass is 9.67. The normalized spacial score (nSPS) is 46.9. The molecule has 2 fully saturated rings. The van der Waals surface area contributed by atoms with E-state index in [0.717, 1.165) is 6.42 Å². The first-order valence-electron chi connectivity index (χ1n) is 5.52. The average molecular weight is 207 g/mol. The van der Waals surface area contributed by atoms with Gasteiger partial charge in [0.15, 0.2) is 0 Å². The number of nitrogens with zero attached hydrogens (tertiary/aromatic N) is 1. The first-order valence-corrected chi connectivity index (χ1v) is 5.52. The third-order valence-electron chi connectivity index (χ3n) is 4.41. The molecule has 0 unspecified atom stereocenters. The number of allylic oxidation sites excluding steroid dienone is 1. The number of hydrogen-bond donors (Lipinski definition) is 0. The molecule has 0 N–H and O–H groups in total. The monoisotopic (exact) mass is 207 g/mol. The highest BCUT2D eigenvalue weighted by molar-refractivity contribution is 5.84. The molecule has 4 atom stereocenters. The van der Waals surface area contributed by atoms with Crippen LogP contribution in [0.3, 0.4) is 0 Å². The van der Waals surface area contributed by atoms with E-state index in [2.05, 4.69) is 0 Å². The topological polar surface area (TPSA) is 60.2 Å². The van der Waals surface area contributed by atoms with Gasteiger partial charge in [-0.3, -0.25) is 14.9 Å². The maximum atomic E-state index is 11.8. The molecule has 15 heavy (non-hydrogen) atoms. The van der Waals surface area contributed by atoms with Crippen LogP contribution in [0, 0.1) is 27.9 Å². The maximum Gasteiger partial charge on any atom is 0.238 e. The third kappa shape index (κ3) is 0.899. The van der Waals surface area contributed by atoms with Crippen molar-refractivity contribution in [3.8, 4) is 0 Å². The lowest BCUT2D eigenvalue weighted by Crippen LogP contribution is -2.54. The third-order valence-corrected chi connectivity index (χ3v) is 4.41. The van der Waals surface area contributed by atoms with Crippen molar-refractivity contribution in [2.75, 3.05) is 0 Å². The summed E-state index contributed by atoms with van der Waals surface area (Å²) in [6.45, 7) is 0. The fourth-order valence-corrected chi connectivity index (χ4v) is 3.85. The van der Waals surface area contributed by atoms with E-state index in [-0.39, 0.29) is 28.5 Å². The minimum Gasteiger partial charge on any atom is -0.299 e. The van der Waals surface area contributed by atoms with Gasteiger partial charge in [-0.1, -0.05) is 12.2 Å². The van der Waals surface area contributed by atoms with Crippen LogP contribution in [0.25, 0.3) is 0 Å². The van der Waals surface area contributed by atoms with Crippen molar-refractivity contribution in [2.24, 2.45) is 17.8 Å². The molecule has 0 radical (unpaired) electrons.